The summed E-state index contributed by atoms with van der Waals surface area (Å²) in [6.07, 6.45) is 1.53. The number of amides is 2. The van der Waals surface area contributed by atoms with Gasteiger partial charge in [0, 0.05) is 28.2 Å². The van der Waals surface area contributed by atoms with E-state index in [-0.39, 0.29) is 10.0 Å². The van der Waals surface area contributed by atoms with Gasteiger partial charge in [0.1, 0.15) is 11.5 Å². The van der Waals surface area contributed by atoms with Crippen molar-refractivity contribution >= 4 is 79.1 Å². The Morgan fingerprint density at radius 1 is 1.29 bits per heavy atom. The van der Waals surface area contributed by atoms with Gasteiger partial charge in [-0.05, 0) is 57.8 Å². The smallest absolute Gasteiger partial charge is 0.285 e. The average Bonchev–Trinajstić information content (AvgIpc) is 3.47. The van der Waals surface area contributed by atoms with Crippen LogP contribution in [0, 0.1) is 10.1 Å². The molecule has 0 bridgehead atoms. The zero-order chi connectivity index (χ0) is 22.1. The van der Waals surface area contributed by atoms with Gasteiger partial charge in [-0.15, -0.1) is 11.3 Å². The van der Waals surface area contributed by atoms with Crippen molar-refractivity contribution in [2.45, 2.75) is 0 Å². The third-order valence-corrected chi connectivity index (χ3v) is 6.91. The molecule has 1 saturated heterocycles. The van der Waals surface area contributed by atoms with Crippen LogP contribution in [0.2, 0.25) is 0 Å². The van der Waals surface area contributed by atoms with Crippen LogP contribution in [0.4, 0.5) is 5.69 Å². The zero-order valence-electron chi connectivity index (χ0n) is 15.2. The van der Waals surface area contributed by atoms with Gasteiger partial charge in [-0.2, -0.15) is 5.01 Å². The maximum atomic E-state index is 12.7. The largest absolute Gasteiger partial charge is 0.457 e. The van der Waals surface area contributed by atoms with Gasteiger partial charge in [0.2, 0.25) is 0 Å². The topological polar surface area (TPSA) is 106 Å². The Kier molecular flexibility index (Phi) is 6.05. The first-order chi connectivity index (χ1) is 14.8. The molecular weight excluding hydrogens is 526 g/mol. The molecule has 0 aliphatic carbocycles. The molecule has 156 valence electrons. The van der Waals surface area contributed by atoms with Crippen molar-refractivity contribution in [3.05, 3.63) is 78.0 Å². The lowest BCUT2D eigenvalue weighted by Crippen LogP contribution is -2.44. The first-order valence-corrected chi connectivity index (χ1v) is 11.4. The number of rotatable bonds is 5. The molecule has 31 heavy (non-hydrogen) atoms. The second kappa shape index (κ2) is 8.75. The fraction of sp³-hybridized carbons (Fsp3) is 0. The van der Waals surface area contributed by atoms with Gasteiger partial charge >= 0.3 is 0 Å². The summed E-state index contributed by atoms with van der Waals surface area (Å²) in [5.41, 5.74) is 3.09. The standard InChI is InChI=1S/C19H10BrN3O5S3/c20-13-8-10(23(26)27)3-5-12(13)14-6-4-11(28-14)9-16-18(25)22(19(29)31-16)21-17(24)15-2-1-7-30-15/h1-9H,(H,21,24)/b16-9+. The number of hydrazine groups is 1. The molecule has 4 rings (SSSR count). The molecule has 1 fully saturated rings. The third kappa shape index (κ3) is 4.46. The molecule has 2 amide bonds. The van der Waals surface area contributed by atoms with Gasteiger partial charge in [0.05, 0.1) is 14.7 Å². The maximum Gasteiger partial charge on any atom is 0.285 e. The van der Waals surface area contributed by atoms with Gasteiger partial charge in [-0.25, -0.2) is 0 Å². The molecule has 0 saturated carbocycles. The fourth-order valence-electron chi connectivity index (χ4n) is 2.65. The number of furan rings is 1. The van der Waals surface area contributed by atoms with Crippen LogP contribution in [-0.4, -0.2) is 26.1 Å². The Morgan fingerprint density at radius 2 is 2.10 bits per heavy atom. The number of carbonyl (C=O) groups excluding carboxylic acids is 2. The number of nitro benzene ring substituents is 1. The van der Waals surface area contributed by atoms with Gasteiger partial charge in [0.25, 0.3) is 17.5 Å². The summed E-state index contributed by atoms with van der Waals surface area (Å²) in [7, 11) is 0. The summed E-state index contributed by atoms with van der Waals surface area (Å²) in [6.45, 7) is 0. The molecule has 12 heteroatoms. The highest BCUT2D eigenvalue weighted by Gasteiger charge is 2.34. The van der Waals surface area contributed by atoms with Crippen LogP contribution in [-0.2, 0) is 4.79 Å². The number of nitrogens with one attached hydrogen (secondary N) is 1. The highest BCUT2D eigenvalue weighted by Crippen LogP contribution is 2.35. The second-order valence-electron chi connectivity index (χ2n) is 6.06. The Bertz CT molecular complexity index is 1250. The molecule has 1 aromatic carbocycles. The van der Waals surface area contributed by atoms with Crippen LogP contribution in [0.25, 0.3) is 17.4 Å². The van der Waals surface area contributed by atoms with E-state index in [1.54, 1.807) is 35.7 Å². The molecule has 3 heterocycles. The van der Waals surface area contributed by atoms with Gasteiger partial charge in [-0.3, -0.25) is 25.1 Å². The van der Waals surface area contributed by atoms with Crippen LogP contribution >= 0.6 is 51.2 Å². The minimum Gasteiger partial charge on any atom is -0.457 e. The molecule has 0 atom stereocenters. The molecular formula is C19H10BrN3O5S3. The molecule has 1 aliphatic rings. The number of non-ortho nitro benzene ring substituents is 1. The van der Waals surface area contributed by atoms with E-state index < -0.39 is 16.7 Å². The monoisotopic (exact) mass is 535 g/mol. The minimum atomic E-state index is -0.485. The summed E-state index contributed by atoms with van der Waals surface area (Å²) < 4.78 is 6.49. The van der Waals surface area contributed by atoms with E-state index in [0.717, 1.165) is 16.8 Å². The Hall–Kier alpha value is -2.80. The van der Waals surface area contributed by atoms with Crippen molar-refractivity contribution in [1.82, 2.24) is 10.4 Å². The number of hydrogen-bond acceptors (Lipinski definition) is 8. The Morgan fingerprint density at radius 3 is 2.77 bits per heavy atom. The van der Waals surface area contributed by atoms with E-state index >= 15 is 0 Å². The molecule has 1 N–H and O–H groups in total. The number of benzene rings is 1. The van der Waals surface area contributed by atoms with Crippen LogP contribution in [0.3, 0.4) is 0 Å². The molecule has 0 spiro atoms. The quantitative estimate of drug-likeness (QED) is 0.206. The number of thioether (sulfide) groups is 1. The number of carbonyl (C=O) groups is 2. The van der Waals surface area contributed by atoms with Crippen molar-refractivity contribution in [2.24, 2.45) is 0 Å². The minimum absolute atomic E-state index is 0.0457. The highest BCUT2D eigenvalue weighted by atomic mass is 79.9. The van der Waals surface area contributed by atoms with Crippen molar-refractivity contribution < 1.29 is 18.9 Å². The van der Waals surface area contributed by atoms with Crippen molar-refractivity contribution in [3.8, 4) is 11.3 Å². The van der Waals surface area contributed by atoms with Crippen LogP contribution in [0.5, 0.6) is 0 Å². The van der Waals surface area contributed by atoms with Crippen molar-refractivity contribution in [2.75, 3.05) is 0 Å². The molecule has 3 aromatic rings. The Labute approximate surface area is 197 Å². The maximum absolute atomic E-state index is 12.7. The van der Waals surface area contributed by atoms with E-state index in [2.05, 4.69) is 21.4 Å². The molecule has 0 radical (unpaired) electrons. The summed E-state index contributed by atoms with van der Waals surface area (Å²) in [5, 5.41) is 13.7. The van der Waals surface area contributed by atoms with E-state index in [1.807, 2.05) is 0 Å². The highest BCUT2D eigenvalue weighted by molar-refractivity contribution is 9.10. The van der Waals surface area contributed by atoms with E-state index in [4.69, 9.17) is 16.6 Å². The van der Waals surface area contributed by atoms with Gasteiger partial charge in [-0.1, -0.05) is 17.8 Å². The van der Waals surface area contributed by atoms with Crippen LogP contribution in [0.15, 0.2) is 61.6 Å². The summed E-state index contributed by atoms with van der Waals surface area (Å²) in [4.78, 5) is 36.1. The predicted octanol–water partition coefficient (Wildman–Crippen LogP) is 5.23. The number of thiocarbonyl (C=S) groups is 1. The first kappa shape index (κ1) is 21.4. The molecule has 2 aromatic heterocycles. The first-order valence-electron chi connectivity index (χ1n) is 8.50. The fourth-order valence-corrected chi connectivity index (χ4v) is 4.99. The molecule has 1 aliphatic heterocycles. The molecule has 8 nitrogen and oxygen atoms in total. The SMILES string of the molecule is O=C(NN1C(=O)/C(=C\c2ccc(-c3ccc([N+](=O)[O-])cc3Br)o2)SC1=S)c1cccs1. The lowest BCUT2D eigenvalue weighted by Gasteiger charge is -2.14. The average molecular weight is 536 g/mol. The van der Waals surface area contributed by atoms with Crippen molar-refractivity contribution in [1.29, 1.82) is 0 Å². The lowest BCUT2D eigenvalue weighted by atomic mass is 10.1. The summed E-state index contributed by atoms with van der Waals surface area (Å²) in [5.74, 6) is -0.0231. The summed E-state index contributed by atoms with van der Waals surface area (Å²) in [6, 6.07) is 11.1. The normalized spacial score (nSPS) is 15.0. The van der Waals surface area contributed by atoms with Gasteiger partial charge < -0.3 is 4.42 Å². The second-order valence-corrected chi connectivity index (χ2v) is 9.54. The van der Waals surface area contributed by atoms with E-state index in [1.165, 1.54) is 29.5 Å². The summed E-state index contributed by atoms with van der Waals surface area (Å²) >= 11 is 10.8. The number of nitro groups is 1. The third-order valence-electron chi connectivity index (χ3n) is 4.08. The predicted molar refractivity (Wildman–Crippen MR) is 125 cm³/mol. The number of thiophene rings is 1. The zero-order valence-corrected chi connectivity index (χ0v) is 19.3. The van der Waals surface area contributed by atoms with Gasteiger partial charge in [0.15, 0.2) is 4.32 Å². The van der Waals surface area contributed by atoms with Crippen LogP contribution in [0.1, 0.15) is 15.4 Å². The van der Waals surface area contributed by atoms with Crippen molar-refractivity contribution in [3.63, 3.8) is 0 Å². The lowest BCUT2D eigenvalue weighted by molar-refractivity contribution is -0.384. The number of nitrogens with zero attached hydrogens (tertiary/aromatic N) is 2. The van der Waals surface area contributed by atoms with E-state index in [0.29, 0.717) is 31.3 Å². The van der Waals surface area contributed by atoms with Crippen LogP contribution < -0.4 is 5.43 Å². The molecule has 0 unspecified atom stereocenters. The number of halogens is 1. The van der Waals surface area contributed by atoms with E-state index in [9.17, 15) is 19.7 Å². The number of hydrogen-bond donors (Lipinski definition) is 1. The Balaban J connectivity index is 1.53.